The minimum absolute atomic E-state index is 0.0567. The zero-order valence-electron chi connectivity index (χ0n) is 29.7. The van der Waals surface area contributed by atoms with Crippen molar-refractivity contribution in [3.63, 3.8) is 0 Å². The van der Waals surface area contributed by atoms with Crippen molar-refractivity contribution in [2.75, 3.05) is 13.2 Å². The molecular weight excluding hydrogens is 661 g/mol. The Morgan fingerprint density at radius 3 is 0.925 bits per heavy atom. The highest BCUT2D eigenvalue weighted by molar-refractivity contribution is 5.74. The highest BCUT2D eigenvalue weighted by atomic mass is 16.5. The highest BCUT2D eigenvalue weighted by Crippen LogP contribution is 2.31. The minimum atomic E-state index is -0.390. The summed E-state index contributed by atoms with van der Waals surface area (Å²) < 4.78 is 11.1. The molecule has 53 heavy (non-hydrogen) atoms. The topological polar surface area (TPSA) is 93.1 Å². The molecule has 0 atom stereocenters. The number of aromatic hydroxyl groups is 2. The average Bonchev–Trinajstić information content (AvgIpc) is 3.17. The summed E-state index contributed by atoms with van der Waals surface area (Å²) in [6.45, 7) is 0.221. The fraction of sp³-hybridized carbons (Fsp3) is 0.191. The quantitative estimate of drug-likeness (QED) is 0.0774. The number of ether oxygens (including phenoxy) is 2. The van der Waals surface area contributed by atoms with Crippen LogP contribution in [0.15, 0.2) is 146 Å². The second kappa shape index (κ2) is 18.4. The molecule has 0 amide bonds. The molecule has 2 N–H and O–H groups in total. The van der Waals surface area contributed by atoms with E-state index >= 15 is 0 Å². The molecule has 0 aromatic heterocycles. The van der Waals surface area contributed by atoms with E-state index in [1.807, 2.05) is 146 Å². The van der Waals surface area contributed by atoms with Gasteiger partial charge in [-0.1, -0.05) is 146 Å². The van der Waals surface area contributed by atoms with Gasteiger partial charge in [0.25, 0.3) is 0 Å². The minimum Gasteiger partial charge on any atom is -0.507 e. The summed E-state index contributed by atoms with van der Waals surface area (Å²) in [6, 6.07) is 47.2. The smallest absolute Gasteiger partial charge is 0.310 e. The number of phenolic OH excluding ortho intramolecular Hbond substituents is 2. The number of hydrogen-bond donors (Lipinski definition) is 2. The Balaban J connectivity index is 1.03. The molecule has 6 heteroatoms. The summed E-state index contributed by atoms with van der Waals surface area (Å²) >= 11 is 0. The maximum Gasteiger partial charge on any atom is 0.310 e. The van der Waals surface area contributed by atoms with Gasteiger partial charge in [0.1, 0.15) is 11.5 Å². The third kappa shape index (κ3) is 10.9. The predicted molar refractivity (Wildman–Crippen MR) is 207 cm³/mol. The van der Waals surface area contributed by atoms with Crippen molar-refractivity contribution in [2.24, 2.45) is 0 Å². The maximum absolute atomic E-state index is 12.9. The lowest BCUT2D eigenvalue weighted by Crippen LogP contribution is -2.14. The molecule has 6 rings (SSSR count). The van der Waals surface area contributed by atoms with E-state index in [-0.39, 0.29) is 49.5 Å². The second-order valence-corrected chi connectivity index (χ2v) is 13.3. The molecule has 6 aromatic rings. The first-order valence-electron chi connectivity index (χ1n) is 18.0. The van der Waals surface area contributed by atoms with Gasteiger partial charge in [0, 0.05) is 32.1 Å². The third-order valence-corrected chi connectivity index (χ3v) is 9.12. The van der Waals surface area contributed by atoms with E-state index in [0.717, 1.165) is 55.6 Å². The van der Waals surface area contributed by atoms with E-state index < -0.39 is 0 Å². The van der Waals surface area contributed by atoms with Crippen LogP contribution >= 0.6 is 0 Å². The summed E-state index contributed by atoms with van der Waals surface area (Å²) in [6.07, 6.45) is 2.62. The standard InChI is InChI=1S/C47H44O6/c48-44(32-38-28-40(24-34-14-5-1-6-15-34)46(50)41(29-38)25-35-16-7-2-8-17-35)52-22-13-23-53-45(49)33-39-30-42(26-36-18-9-3-10-19-36)47(51)43(31-39)27-37-20-11-4-12-21-37/h1-12,14-21,28-31,50-51H,13,22-27,32-33H2. The van der Waals surface area contributed by atoms with Gasteiger partial charge in [0.05, 0.1) is 26.1 Å². The zero-order valence-corrected chi connectivity index (χ0v) is 29.7. The van der Waals surface area contributed by atoms with Crippen molar-refractivity contribution < 1.29 is 29.3 Å². The Morgan fingerprint density at radius 2 is 0.660 bits per heavy atom. The second-order valence-electron chi connectivity index (χ2n) is 13.3. The molecule has 0 radical (unpaired) electrons. The van der Waals surface area contributed by atoms with Crippen LogP contribution in [0, 0.1) is 0 Å². The van der Waals surface area contributed by atoms with E-state index in [9.17, 15) is 19.8 Å². The van der Waals surface area contributed by atoms with Gasteiger partial charge >= 0.3 is 11.9 Å². The van der Waals surface area contributed by atoms with Gasteiger partial charge in [-0.05, 0) is 55.6 Å². The van der Waals surface area contributed by atoms with Crippen molar-refractivity contribution in [3.05, 3.63) is 201 Å². The maximum atomic E-state index is 12.9. The van der Waals surface area contributed by atoms with Crippen molar-refractivity contribution >= 4 is 11.9 Å². The van der Waals surface area contributed by atoms with Crippen LogP contribution in [-0.2, 0) is 57.6 Å². The normalized spacial score (nSPS) is 10.9. The number of esters is 2. The molecule has 0 saturated carbocycles. The summed E-state index contributed by atoms with van der Waals surface area (Å²) in [7, 11) is 0. The SMILES string of the molecule is O=C(Cc1cc(Cc2ccccc2)c(O)c(Cc2ccccc2)c1)OCCCOC(=O)Cc1cc(Cc2ccccc2)c(O)c(Cc2ccccc2)c1. The molecule has 0 bridgehead atoms. The van der Waals surface area contributed by atoms with E-state index in [4.69, 9.17) is 9.47 Å². The van der Waals surface area contributed by atoms with E-state index in [0.29, 0.717) is 32.1 Å². The number of rotatable bonds is 16. The lowest BCUT2D eigenvalue weighted by Gasteiger charge is -2.14. The molecule has 0 spiro atoms. The summed E-state index contributed by atoms with van der Waals surface area (Å²) in [4.78, 5) is 25.8. The zero-order chi connectivity index (χ0) is 36.8. The Morgan fingerprint density at radius 1 is 0.396 bits per heavy atom. The van der Waals surface area contributed by atoms with Gasteiger partial charge in [-0.3, -0.25) is 9.59 Å². The fourth-order valence-electron chi connectivity index (χ4n) is 6.54. The van der Waals surface area contributed by atoms with Gasteiger partial charge in [0.2, 0.25) is 0 Å². The number of phenols is 2. The largest absolute Gasteiger partial charge is 0.507 e. The van der Waals surface area contributed by atoms with Crippen LogP contribution in [0.2, 0.25) is 0 Å². The van der Waals surface area contributed by atoms with E-state index in [2.05, 4.69) is 0 Å². The van der Waals surface area contributed by atoms with Crippen molar-refractivity contribution in [3.8, 4) is 11.5 Å². The molecule has 0 aliphatic heterocycles. The van der Waals surface area contributed by atoms with Crippen LogP contribution < -0.4 is 0 Å². The van der Waals surface area contributed by atoms with Crippen molar-refractivity contribution in [2.45, 2.75) is 44.9 Å². The first-order valence-corrected chi connectivity index (χ1v) is 18.0. The van der Waals surface area contributed by atoms with Crippen LogP contribution in [0.1, 0.15) is 62.1 Å². The van der Waals surface area contributed by atoms with Crippen molar-refractivity contribution in [1.29, 1.82) is 0 Å². The molecule has 0 aliphatic rings. The molecule has 0 aliphatic carbocycles. The van der Waals surface area contributed by atoms with Crippen LogP contribution in [-0.4, -0.2) is 35.4 Å². The van der Waals surface area contributed by atoms with Crippen LogP contribution in [0.3, 0.4) is 0 Å². The highest BCUT2D eigenvalue weighted by Gasteiger charge is 2.16. The Labute approximate surface area is 311 Å². The average molecular weight is 705 g/mol. The molecular formula is C47H44O6. The molecule has 0 saturated heterocycles. The van der Waals surface area contributed by atoms with Gasteiger partial charge in [-0.2, -0.15) is 0 Å². The molecule has 0 heterocycles. The number of hydrogen-bond acceptors (Lipinski definition) is 6. The van der Waals surface area contributed by atoms with Crippen LogP contribution in [0.25, 0.3) is 0 Å². The predicted octanol–water partition coefficient (Wildman–Crippen LogP) is 8.72. The van der Waals surface area contributed by atoms with E-state index in [1.54, 1.807) is 0 Å². The number of benzene rings is 6. The van der Waals surface area contributed by atoms with Gasteiger partial charge in [-0.25, -0.2) is 0 Å². The summed E-state index contributed by atoms with van der Waals surface area (Å²) in [5.41, 5.74) is 8.81. The Bertz CT molecular complexity index is 1820. The number of carbonyl (C=O) groups is 2. The van der Waals surface area contributed by atoms with Crippen molar-refractivity contribution in [1.82, 2.24) is 0 Å². The molecule has 6 aromatic carbocycles. The molecule has 0 unspecified atom stereocenters. The van der Waals surface area contributed by atoms with Gasteiger partial charge < -0.3 is 19.7 Å². The van der Waals surface area contributed by atoms with Crippen LogP contribution in [0.5, 0.6) is 11.5 Å². The Kier molecular flexibility index (Phi) is 12.7. The first-order chi connectivity index (χ1) is 25.9. The monoisotopic (exact) mass is 704 g/mol. The van der Waals surface area contributed by atoms with E-state index in [1.165, 1.54) is 0 Å². The fourth-order valence-corrected chi connectivity index (χ4v) is 6.54. The molecule has 6 nitrogen and oxygen atoms in total. The first kappa shape index (κ1) is 36.6. The summed E-state index contributed by atoms with van der Waals surface area (Å²) in [5, 5.41) is 22.4. The van der Waals surface area contributed by atoms with Gasteiger partial charge in [-0.15, -0.1) is 0 Å². The number of carbonyl (C=O) groups excluding carboxylic acids is 2. The molecule has 0 fully saturated rings. The summed E-state index contributed by atoms with van der Waals surface area (Å²) in [5.74, 6) is -0.300. The lowest BCUT2D eigenvalue weighted by atomic mass is 9.94. The third-order valence-electron chi connectivity index (χ3n) is 9.12. The van der Waals surface area contributed by atoms with Crippen LogP contribution in [0.4, 0.5) is 0 Å². The molecule has 268 valence electrons. The lowest BCUT2D eigenvalue weighted by molar-refractivity contribution is -0.145. The Hall–Kier alpha value is -6.14. The van der Waals surface area contributed by atoms with Gasteiger partial charge in [0.15, 0.2) is 0 Å².